The number of hydrogen-bond donors (Lipinski definition) is 1. The number of nitrogens with one attached hydrogen (secondary N) is 1. The predicted molar refractivity (Wildman–Crippen MR) is 109 cm³/mol. The van der Waals surface area contributed by atoms with Crippen LogP contribution in [0.3, 0.4) is 0 Å². The Morgan fingerprint density at radius 3 is 2.71 bits per heavy atom. The van der Waals surface area contributed by atoms with Crippen molar-refractivity contribution in [3.8, 4) is 0 Å². The molecule has 154 valence electrons. The number of thiophene rings is 1. The number of urea groups is 1. The van der Waals surface area contributed by atoms with Crippen molar-refractivity contribution in [2.45, 2.75) is 69.6 Å². The molecule has 6 nitrogen and oxygen atoms in total. The van der Waals surface area contributed by atoms with E-state index in [1.807, 2.05) is 29.3 Å². The zero-order valence-electron chi connectivity index (χ0n) is 16.7. The second kappa shape index (κ2) is 8.41. The first-order chi connectivity index (χ1) is 13.6. The Morgan fingerprint density at radius 2 is 2.07 bits per heavy atom. The molecule has 3 heterocycles. The van der Waals surface area contributed by atoms with Gasteiger partial charge in [-0.15, -0.1) is 11.3 Å². The molecule has 4 rings (SSSR count). The number of nitrogens with zero attached hydrogens (tertiary/aromatic N) is 2. The number of rotatable bonds is 5. The fourth-order valence-electron chi connectivity index (χ4n) is 4.65. The van der Waals surface area contributed by atoms with Gasteiger partial charge in [-0.1, -0.05) is 6.07 Å². The van der Waals surface area contributed by atoms with Crippen LogP contribution in [0.5, 0.6) is 0 Å². The van der Waals surface area contributed by atoms with Crippen molar-refractivity contribution in [1.82, 2.24) is 15.1 Å². The maximum atomic E-state index is 12.6. The van der Waals surface area contributed by atoms with Crippen LogP contribution in [0.4, 0.5) is 4.79 Å². The Labute approximate surface area is 171 Å². The lowest BCUT2D eigenvalue weighted by Crippen LogP contribution is -2.57. The van der Waals surface area contributed by atoms with E-state index in [9.17, 15) is 9.59 Å². The first-order valence-electron chi connectivity index (χ1n) is 10.6. The van der Waals surface area contributed by atoms with Crippen LogP contribution in [0.2, 0.25) is 0 Å². The number of likely N-dealkylation sites (tertiary alicyclic amines) is 1. The number of piperidine rings is 1. The van der Waals surface area contributed by atoms with E-state index in [1.54, 1.807) is 11.3 Å². The molecule has 1 unspecified atom stereocenters. The van der Waals surface area contributed by atoms with Gasteiger partial charge in [0.2, 0.25) is 5.91 Å². The summed E-state index contributed by atoms with van der Waals surface area (Å²) in [4.78, 5) is 30.4. The number of carbonyl (C=O) groups is 2. The van der Waals surface area contributed by atoms with Gasteiger partial charge in [0.05, 0.1) is 12.0 Å². The van der Waals surface area contributed by atoms with Gasteiger partial charge in [0, 0.05) is 43.2 Å². The van der Waals surface area contributed by atoms with E-state index in [2.05, 4.69) is 10.2 Å². The van der Waals surface area contributed by atoms with Gasteiger partial charge in [-0.3, -0.25) is 4.79 Å². The number of carbonyl (C=O) groups excluding carboxylic acids is 2. The highest BCUT2D eigenvalue weighted by Gasteiger charge is 2.46. The maximum Gasteiger partial charge on any atom is 0.317 e. The smallest absolute Gasteiger partial charge is 0.317 e. The minimum atomic E-state index is -0.178. The second-order valence-electron chi connectivity index (χ2n) is 8.29. The molecule has 1 saturated carbocycles. The molecule has 1 atom stereocenters. The molecule has 3 amide bonds. The van der Waals surface area contributed by atoms with Crippen LogP contribution in [0.25, 0.3) is 0 Å². The van der Waals surface area contributed by atoms with Crippen LogP contribution in [0.15, 0.2) is 17.5 Å². The first-order valence-corrected chi connectivity index (χ1v) is 11.5. The molecule has 1 aromatic rings. The molecule has 0 bridgehead atoms. The van der Waals surface area contributed by atoms with Crippen LogP contribution in [-0.4, -0.2) is 65.7 Å². The number of amides is 3. The number of hydrogen-bond acceptors (Lipinski definition) is 4. The van der Waals surface area contributed by atoms with Crippen LogP contribution in [0, 0.1) is 0 Å². The van der Waals surface area contributed by atoms with Crippen molar-refractivity contribution < 1.29 is 14.3 Å². The molecule has 0 radical (unpaired) electrons. The summed E-state index contributed by atoms with van der Waals surface area (Å²) in [6.45, 7) is 4.84. The lowest BCUT2D eigenvalue weighted by molar-refractivity contribution is -0.147. The molecule has 7 heteroatoms. The summed E-state index contributed by atoms with van der Waals surface area (Å²) >= 11 is 1.64. The lowest BCUT2D eigenvalue weighted by atomic mass is 9.81. The summed E-state index contributed by atoms with van der Waals surface area (Å²) in [7, 11) is 0. The molecule has 28 heavy (non-hydrogen) atoms. The van der Waals surface area contributed by atoms with Gasteiger partial charge in [-0.2, -0.15) is 0 Å². The summed E-state index contributed by atoms with van der Waals surface area (Å²) in [5, 5.41) is 5.01. The highest BCUT2D eigenvalue weighted by molar-refractivity contribution is 7.10. The Bertz CT molecular complexity index is 681. The molecular weight excluding hydrogens is 374 g/mol. The van der Waals surface area contributed by atoms with E-state index in [4.69, 9.17) is 4.74 Å². The van der Waals surface area contributed by atoms with E-state index in [0.717, 1.165) is 56.5 Å². The van der Waals surface area contributed by atoms with Gasteiger partial charge in [0.1, 0.15) is 0 Å². The van der Waals surface area contributed by atoms with Crippen LogP contribution in [0.1, 0.15) is 50.3 Å². The normalized spacial score (nSPS) is 24.2. The molecular formula is C21H31N3O3S. The van der Waals surface area contributed by atoms with Crippen molar-refractivity contribution in [3.05, 3.63) is 22.4 Å². The summed E-state index contributed by atoms with van der Waals surface area (Å²) in [5.74, 6) is 0.214. The van der Waals surface area contributed by atoms with Crippen LogP contribution in [-0.2, 0) is 16.0 Å². The third kappa shape index (κ3) is 4.35. The zero-order valence-corrected chi connectivity index (χ0v) is 17.5. The zero-order chi connectivity index (χ0) is 19.6. The highest BCUT2D eigenvalue weighted by atomic mass is 32.1. The van der Waals surface area contributed by atoms with Gasteiger partial charge in [-0.05, 0) is 56.9 Å². The molecule has 1 aliphatic carbocycles. The predicted octanol–water partition coefficient (Wildman–Crippen LogP) is 3.02. The van der Waals surface area contributed by atoms with E-state index >= 15 is 0 Å². The fourth-order valence-corrected chi connectivity index (χ4v) is 5.35. The molecule has 1 spiro atoms. The molecule has 1 aromatic heterocycles. The van der Waals surface area contributed by atoms with E-state index in [1.165, 1.54) is 0 Å². The SMILES string of the molecule is CCNC(=O)N(C1CC1)C1CCOC2(CCN(C(=O)Cc3cccs3)CC2)C1. The lowest BCUT2D eigenvalue weighted by Gasteiger charge is -2.48. The Hall–Kier alpha value is -1.60. The first kappa shape index (κ1) is 19.7. The third-order valence-corrected chi connectivity index (χ3v) is 7.17. The summed E-state index contributed by atoms with van der Waals surface area (Å²) < 4.78 is 6.27. The Kier molecular flexibility index (Phi) is 5.92. The fraction of sp³-hybridized carbons (Fsp3) is 0.714. The van der Waals surface area contributed by atoms with E-state index < -0.39 is 0 Å². The molecule has 3 fully saturated rings. The van der Waals surface area contributed by atoms with Crippen LogP contribution < -0.4 is 5.32 Å². The van der Waals surface area contributed by atoms with Gasteiger partial charge in [0.25, 0.3) is 0 Å². The molecule has 2 saturated heterocycles. The van der Waals surface area contributed by atoms with Gasteiger partial charge < -0.3 is 19.9 Å². The summed E-state index contributed by atoms with van der Waals surface area (Å²) in [6, 6.07) is 4.75. The van der Waals surface area contributed by atoms with Crippen molar-refractivity contribution >= 4 is 23.3 Å². The van der Waals surface area contributed by atoms with Gasteiger partial charge in [0.15, 0.2) is 0 Å². The largest absolute Gasteiger partial charge is 0.375 e. The quantitative estimate of drug-likeness (QED) is 0.819. The van der Waals surface area contributed by atoms with Crippen molar-refractivity contribution in [2.24, 2.45) is 0 Å². The monoisotopic (exact) mass is 405 g/mol. The van der Waals surface area contributed by atoms with Crippen molar-refractivity contribution in [1.29, 1.82) is 0 Å². The van der Waals surface area contributed by atoms with Crippen molar-refractivity contribution in [3.63, 3.8) is 0 Å². The van der Waals surface area contributed by atoms with E-state index in [-0.39, 0.29) is 23.6 Å². The molecule has 0 aromatic carbocycles. The average Bonchev–Trinajstić information content (AvgIpc) is 3.38. The molecule has 2 aliphatic heterocycles. The third-order valence-electron chi connectivity index (χ3n) is 6.30. The maximum absolute atomic E-state index is 12.6. The number of ether oxygens (including phenoxy) is 1. The minimum absolute atomic E-state index is 0.0793. The molecule has 3 aliphatic rings. The summed E-state index contributed by atoms with van der Waals surface area (Å²) in [6.07, 6.45) is 6.28. The van der Waals surface area contributed by atoms with Crippen LogP contribution >= 0.6 is 11.3 Å². The standard InChI is InChI=1S/C21H31N3O3S/c1-2-22-20(26)24(16-5-6-16)17-7-12-27-21(15-17)8-10-23(11-9-21)19(25)14-18-4-3-13-28-18/h3-4,13,16-17H,2,5-12,14-15H2,1H3,(H,22,26). The van der Waals surface area contributed by atoms with Crippen molar-refractivity contribution in [2.75, 3.05) is 26.2 Å². The minimum Gasteiger partial charge on any atom is -0.375 e. The van der Waals surface area contributed by atoms with Gasteiger partial charge in [-0.25, -0.2) is 4.79 Å². The van der Waals surface area contributed by atoms with E-state index in [0.29, 0.717) is 25.6 Å². The van der Waals surface area contributed by atoms with Gasteiger partial charge >= 0.3 is 6.03 Å². The average molecular weight is 406 g/mol. The topological polar surface area (TPSA) is 61.9 Å². The molecule has 1 N–H and O–H groups in total. The highest BCUT2D eigenvalue weighted by Crippen LogP contribution is 2.40. The second-order valence-corrected chi connectivity index (χ2v) is 9.32. The summed E-state index contributed by atoms with van der Waals surface area (Å²) in [5.41, 5.74) is -0.178. The Balaban J connectivity index is 1.35. The Morgan fingerprint density at radius 1 is 1.29 bits per heavy atom.